The highest BCUT2D eigenvalue weighted by Crippen LogP contribution is 2.35. The van der Waals surface area contributed by atoms with Gasteiger partial charge in [0, 0.05) is 48.5 Å². The van der Waals surface area contributed by atoms with Crippen LogP contribution in [-0.4, -0.2) is 48.8 Å². The molecule has 2 fully saturated rings. The van der Waals surface area contributed by atoms with E-state index < -0.39 is 0 Å². The average molecular weight is 377 g/mol. The maximum atomic E-state index is 12.8. The van der Waals surface area contributed by atoms with E-state index in [0.717, 1.165) is 47.7 Å². The Labute approximate surface area is 162 Å². The Morgan fingerprint density at radius 2 is 1.96 bits per heavy atom. The summed E-state index contributed by atoms with van der Waals surface area (Å²) in [5, 5.41) is 8.04. The number of nitrogens with two attached hydrogens (primary N) is 1. The first-order valence-corrected chi connectivity index (χ1v) is 9.67. The van der Waals surface area contributed by atoms with Crippen molar-refractivity contribution in [2.24, 2.45) is 12.8 Å². The summed E-state index contributed by atoms with van der Waals surface area (Å²) >= 11 is 0. The number of anilines is 1. The first-order chi connectivity index (χ1) is 13.6. The lowest BCUT2D eigenvalue weighted by Gasteiger charge is -2.37. The van der Waals surface area contributed by atoms with Crippen LogP contribution < -0.4 is 11.1 Å². The summed E-state index contributed by atoms with van der Waals surface area (Å²) in [4.78, 5) is 23.7. The van der Waals surface area contributed by atoms with Gasteiger partial charge in [-0.2, -0.15) is 5.10 Å². The van der Waals surface area contributed by atoms with Gasteiger partial charge in [-0.25, -0.2) is 14.8 Å². The maximum Gasteiger partial charge on any atom is 0.324 e. The lowest BCUT2D eigenvalue weighted by molar-refractivity contribution is 0.150. The standard InChI is InChI=1S/C20H23N7O/c1-26-11-14(10-23-26)12-2-3-13-9-22-19(24-18(13)6-12)25-20(28)27-16-4-5-17(27)8-15(21)7-16/h2-3,6,9-11,15-17H,4-5,7-8,21H2,1H3,(H,22,24,25,28)/t15-,16-,17+. The van der Waals surface area contributed by atoms with Crippen LogP contribution in [0.5, 0.6) is 0 Å². The number of urea groups is 1. The minimum Gasteiger partial charge on any atom is -0.328 e. The predicted octanol–water partition coefficient (Wildman–Crippen LogP) is 2.52. The van der Waals surface area contributed by atoms with Crippen molar-refractivity contribution in [1.82, 2.24) is 24.6 Å². The molecule has 28 heavy (non-hydrogen) atoms. The molecule has 2 bridgehead atoms. The van der Waals surface area contributed by atoms with E-state index in [0.29, 0.717) is 5.95 Å². The van der Waals surface area contributed by atoms with Crippen LogP contribution in [0.25, 0.3) is 22.0 Å². The molecule has 1 aromatic carbocycles. The number of hydrogen-bond donors (Lipinski definition) is 2. The molecule has 3 N–H and O–H groups in total. The lowest BCUT2D eigenvalue weighted by Crippen LogP contribution is -2.51. The molecule has 0 unspecified atom stereocenters. The van der Waals surface area contributed by atoms with Crippen LogP contribution in [0.1, 0.15) is 25.7 Å². The largest absolute Gasteiger partial charge is 0.328 e. The number of aryl methyl sites for hydroxylation is 1. The SMILES string of the molecule is Cn1cc(-c2ccc3cnc(NC(=O)N4[C@@H]5CC[C@H]4C[C@H](N)C5)nc3c2)cn1. The second kappa shape index (κ2) is 6.56. The fraction of sp³-hybridized carbons (Fsp3) is 0.400. The van der Waals surface area contributed by atoms with Crippen molar-refractivity contribution in [3.8, 4) is 11.1 Å². The number of carbonyl (C=O) groups excluding carboxylic acids is 1. The number of rotatable bonds is 2. The van der Waals surface area contributed by atoms with Gasteiger partial charge in [-0.15, -0.1) is 0 Å². The molecule has 3 aromatic rings. The molecule has 2 amide bonds. The molecule has 2 aromatic heterocycles. The molecule has 2 aliphatic rings. The Balaban J connectivity index is 1.39. The number of nitrogens with zero attached hydrogens (tertiary/aromatic N) is 5. The summed E-state index contributed by atoms with van der Waals surface area (Å²) in [5.74, 6) is 0.329. The summed E-state index contributed by atoms with van der Waals surface area (Å²) in [7, 11) is 1.89. The average Bonchev–Trinajstić information content (AvgIpc) is 3.22. The third-order valence-electron chi connectivity index (χ3n) is 5.84. The van der Waals surface area contributed by atoms with E-state index in [-0.39, 0.29) is 24.2 Å². The number of aromatic nitrogens is 4. The molecule has 5 rings (SSSR count). The van der Waals surface area contributed by atoms with Gasteiger partial charge in [0.2, 0.25) is 5.95 Å². The van der Waals surface area contributed by atoms with Gasteiger partial charge in [0.15, 0.2) is 0 Å². The van der Waals surface area contributed by atoms with Gasteiger partial charge in [0.1, 0.15) is 0 Å². The molecular formula is C20H23N7O. The van der Waals surface area contributed by atoms with E-state index in [4.69, 9.17) is 5.73 Å². The number of carbonyl (C=O) groups is 1. The third kappa shape index (κ3) is 2.99. The molecule has 2 saturated heterocycles. The van der Waals surface area contributed by atoms with Crippen molar-refractivity contribution >= 4 is 22.9 Å². The summed E-state index contributed by atoms with van der Waals surface area (Å²) in [6.45, 7) is 0. The fourth-order valence-electron chi connectivity index (χ4n) is 4.54. The molecule has 0 radical (unpaired) electrons. The Bertz CT molecular complexity index is 1030. The Hall–Kier alpha value is -3.00. The van der Waals surface area contributed by atoms with Crippen LogP contribution in [0.2, 0.25) is 0 Å². The zero-order valence-corrected chi connectivity index (χ0v) is 15.7. The topological polar surface area (TPSA) is 102 Å². The van der Waals surface area contributed by atoms with E-state index in [1.165, 1.54) is 0 Å². The summed E-state index contributed by atoms with van der Waals surface area (Å²) in [6.07, 6.45) is 9.32. The molecule has 0 saturated carbocycles. The van der Waals surface area contributed by atoms with E-state index in [2.05, 4.69) is 20.4 Å². The molecular weight excluding hydrogens is 354 g/mol. The molecule has 3 atom stereocenters. The van der Waals surface area contributed by atoms with Crippen molar-refractivity contribution in [3.05, 3.63) is 36.8 Å². The zero-order chi connectivity index (χ0) is 19.3. The van der Waals surface area contributed by atoms with Crippen LogP contribution in [0.3, 0.4) is 0 Å². The van der Waals surface area contributed by atoms with Gasteiger partial charge in [-0.1, -0.05) is 12.1 Å². The highest BCUT2D eigenvalue weighted by Gasteiger charge is 2.42. The Morgan fingerprint density at radius 3 is 2.68 bits per heavy atom. The van der Waals surface area contributed by atoms with Crippen molar-refractivity contribution in [2.45, 2.75) is 43.8 Å². The second-order valence-corrected chi connectivity index (χ2v) is 7.82. The van der Waals surface area contributed by atoms with Crippen molar-refractivity contribution in [3.63, 3.8) is 0 Å². The minimum atomic E-state index is -0.123. The first-order valence-electron chi connectivity index (χ1n) is 9.67. The van der Waals surface area contributed by atoms with Gasteiger partial charge < -0.3 is 10.6 Å². The number of amides is 2. The van der Waals surface area contributed by atoms with Crippen LogP contribution in [-0.2, 0) is 7.05 Å². The van der Waals surface area contributed by atoms with Crippen LogP contribution in [0.15, 0.2) is 36.8 Å². The van der Waals surface area contributed by atoms with Gasteiger partial charge in [0.25, 0.3) is 0 Å². The number of piperidine rings is 1. The highest BCUT2D eigenvalue weighted by molar-refractivity contribution is 5.90. The predicted molar refractivity (Wildman–Crippen MR) is 107 cm³/mol. The van der Waals surface area contributed by atoms with E-state index >= 15 is 0 Å². The smallest absolute Gasteiger partial charge is 0.324 e. The van der Waals surface area contributed by atoms with Gasteiger partial charge in [-0.05, 0) is 37.3 Å². The molecule has 4 heterocycles. The lowest BCUT2D eigenvalue weighted by atomic mass is 9.99. The quantitative estimate of drug-likeness (QED) is 0.714. The van der Waals surface area contributed by atoms with E-state index in [1.807, 2.05) is 42.5 Å². The minimum absolute atomic E-state index is 0.123. The third-order valence-corrected chi connectivity index (χ3v) is 5.84. The van der Waals surface area contributed by atoms with Crippen molar-refractivity contribution in [1.29, 1.82) is 0 Å². The number of hydrogen-bond acceptors (Lipinski definition) is 5. The summed E-state index contributed by atoms with van der Waals surface area (Å²) < 4.78 is 1.77. The van der Waals surface area contributed by atoms with Crippen LogP contribution in [0.4, 0.5) is 10.7 Å². The monoisotopic (exact) mass is 377 g/mol. The van der Waals surface area contributed by atoms with E-state index in [9.17, 15) is 4.79 Å². The number of fused-ring (bicyclic) bond motifs is 3. The molecule has 8 nitrogen and oxygen atoms in total. The summed E-state index contributed by atoms with van der Waals surface area (Å²) in [6, 6.07) is 6.53. The van der Waals surface area contributed by atoms with Crippen molar-refractivity contribution < 1.29 is 4.79 Å². The first kappa shape index (κ1) is 17.1. The fourth-order valence-corrected chi connectivity index (χ4v) is 4.54. The van der Waals surface area contributed by atoms with Gasteiger partial charge in [0.05, 0.1) is 11.7 Å². The molecule has 8 heteroatoms. The van der Waals surface area contributed by atoms with Crippen molar-refractivity contribution in [2.75, 3.05) is 5.32 Å². The molecule has 0 spiro atoms. The molecule has 2 aliphatic heterocycles. The normalized spacial score (nSPS) is 23.9. The Morgan fingerprint density at radius 1 is 1.18 bits per heavy atom. The van der Waals surface area contributed by atoms with Gasteiger partial charge >= 0.3 is 6.03 Å². The number of nitrogens with one attached hydrogen (secondary N) is 1. The maximum absolute atomic E-state index is 12.8. The zero-order valence-electron chi connectivity index (χ0n) is 15.7. The van der Waals surface area contributed by atoms with Crippen LogP contribution >= 0.6 is 0 Å². The second-order valence-electron chi connectivity index (χ2n) is 7.82. The molecule has 0 aliphatic carbocycles. The van der Waals surface area contributed by atoms with Gasteiger partial charge in [-0.3, -0.25) is 10.00 Å². The molecule has 144 valence electrons. The highest BCUT2D eigenvalue weighted by atomic mass is 16.2. The summed E-state index contributed by atoms with van der Waals surface area (Å²) in [5.41, 5.74) is 8.95. The number of benzene rings is 1. The van der Waals surface area contributed by atoms with Crippen LogP contribution in [0, 0.1) is 0 Å². The Kier molecular flexibility index (Phi) is 4.01. The van der Waals surface area contributed by atoms with E-state index in [1.54, 1.807) is 10.9 Å².